The van der Waals surface area contributed by atoms with Gasteiger partial charge in [0, 0.05) is 45.0 Å². The molecule has 2 aliphatic rings. The largest absolute Gasteiger partial charge is 0.379 e. The quantitative estimate of drug-likeness (QED) is 0.823. The van der Waals surface area contributed by atoms with Crippen LogP contribution >= 0.6 is 0 Å². The summed E-state index contributed by atoms with van der Waals surface area (Å²) in [6, 6.07) is 5.95. The second kappa shape index (κ2) is 9.30. The first-order valence-corrected chi connectivity index (χ1v) is 9.68. The predicted octanol–water partition coefficient (Wildman–Crippen LogP) is 0.718. The molecular weight excluding hydrogens is 344 g/mol. The highest BCUT2D eigenvalue weighted by Crippen LogP contribution is 2.14. The van der Waals surface area contributed by atoms with Crippen molar-refractivity contribution in [1.82, 2.24) is 14.7 Å². The van der Waals surface area contributed by atoms with Gasteiger partial charge in [-0.05, 0) is 37.1 Å². The molecule has 1 aromatic rings. The molecule has 2 aliphatic heterocycles. The molecule has 2 amide bonds. The Kier molecular flexibility index (Phi) is 6.82. The number of rotatable bonds is 5. The number of nitrogens with one attached hydrogen (secondary N) is 1. The molecule has 0 unspecified atom stereocenters. The maximum Gasteiger partial charge on any atom is 0.238 e. The molecule has 2 heterocycles. The highest BCUT2D eigenvalue weighted by molar-refractivity contribution is 5.92. The molecule has 1 N–H and O–H groups in total. The maximum absolute atomic E-state index is 12.4. The van der Waals surface area contributed by atoms with Crippen molar-refractivity contribution < 1.29 is 14.3 Å². The number of carbonyl (C=O) groups is 2. The van der Waals surface area contributed by atoms with E-state index >= 15 is 0 Å². The lowest BCUT2D eigenvalue weighted by atomic mass is 10.1. The van der Waals surface area contributed by atoms with Crippen LogP contribution in [-0.4, -0.2) is 92.1 Å². The zero-order valence-corrected chi connectivity index (χ0v) is 16.4. The van der Waals surface area contributed by atoms with E-state index in [4.69, 9.17) is 4.74 Å². The molecule has 27 heavy (non-hydrogen) atoms. The Hall–Kier alpha value is -1.96. The van der Waals surface area contributed by atoms with Gasteiger partial charge in [-0.2, -0.15) is 0 Å². The number of nitrogens with zero attached hydrogens (tertiary/aromatic N) is 3. The van der Waals surface area contributed by atoms with Crippen LogP contribution in [0, 0.1) is 13.8 Å². The van der Waals surface area contributed by atoms with Crippen molar-refractivity contribution in [2.45, 2.75) is 13.8 Å². The fourth-order valence-electron chi connectivity index (χ4n) is 3.43. The maximum atomic E-state index is 12.4. The molecule has 7 nitrogen and oxygen atoms in total. The molecule has 1 aromatic carbocycles. The topological polar surface area (TPSA) is 65.1 Å². The molecule has 2 fully saturated rings. The lowest BCUT2D eigenvalue weighted by Crippen LogP contribution is -2.53. The van der Waals surface area contributed by atoms with E-state index < -0.39 is 0 Å². The van der Waals surface area contributed by atoms with Crippen molar-refractivity contribution in [2.24, 2.45) is 0 Å². The number of piperazine rings is 1. The van der Waals surface area contributed by atoms with Gasteiger partial charge in [0.05, 0.1) is 26.3 Å². The second-order valence-corrected chi connectivity index (χ2v) is 7.39. The summed E-state index contributed by atoms with van der Waals surface area (Å²) in [6.45, 7) is 10.8. The number of amides is 2. The van der Waals surface area contributed by atoms with Gasteiger partial charge in [0.15, 0.2) is 0 Å². The number of carbonyl (C=O) groups excluding carboxylic acids is 2. The summed E-state index contributed by atoms with van der Waals surface area (Å²) in [5.74, 6) is 0.169. The van der Waals surface area contributed by atoms with Gasteiger partial charge in [-0.25, -0.2) is 0 Å². The van der Waals surface area contributed by atoms with E-state index in [2.05, 4.69) is 22.0 Å². The summed E-state index contributed by atoms with van der Waals surface area (Å²) in [4.78, 5) is 30.9. The third-order valence-corrected chi connectivity index (χ3v) is 5.35. The number of hydrogen-bond donors (Lipinski definition) is 1. The molecule has 7 heteroatoms. The SMILES string of the molecule is Cc1ccc(NC(=O)CN2CCN(C(=O)CN3CCOCC3)CC2)cc1C. The van der Waals surface area contributed by atoms with Crippen LogP contribution in [0.5, 0.6) is 0 Å². The Morgan fingerprint density at radius 3 is 2.26 bits per heavy atom. The lowest BCUT2D eigenvalue weighted by Gasteiger charge is -2.36. The van der Waals surface area contributed by atoms with Crippen LogP contribution in [0.4, 0.5) is 5.69 Å². The second-order valence-electron chi connectivity index (χ2n) is 7.39. The normalized spacial score (nSPS) is 19.1. The van der Waals surface area contributed by atoms with Crippen LogP contribution in [0.1, 0.15) is 11.1 Å². The number of anilines is 1. The zero-order chi connectivity index (χ0) is 19.2. The van der Waals surface area contributed by atoms with Gasteiger partial charge in [0.1, 0.15) is 0 Å². The molecule has 0 radical (unpaired) electrons. The minimum absolute atomic E-state index is 0.00801. The standard InChI is InChI=1S/C20H30N4O3/c1-16-3-4-18(13-17(16)2)21-19(25)14-22-5-7-24(8-6-22)20(26)15-23-9-11-27-12-10-23/h3-4,13H,5-12,14-15H2,1-2H3,(H,21,25). The Bertz CT molecular complexity index is 665. The molecule has 0 atom stereocenters. The van der Waals surface area contributed by atoms with Crippen molar-refractivity contribution in [2.75, 3.05) is 70.9 Å². The third kappa shape index (κ3) is 5.76. The van der Waals surface area contributed by atoms with Gasteiger partial charge >= 0.3 is 0 Å². The van der Waals surface area contributed by atoms with Crippen molar-refractivity contribution in [1.29, 1.82) is 0 Å². The Morgan fingerprint density at radius 2 is 1.59 bits per heavy atom. The van der Waals surface area contributed by atoms with Crippen molar-refractivity contribution in [3.05, 3.63) is 29.3 Å². The molecule has 0 spiro atoms. The molecule has 0 bridgehead atoms. The van der Waals surface area contributed by atoms with Crippen LogP contribution in [0.3, 0.4) is 0 Å². The minimum Gasteiger partial charge on any atom is -0.379 e. The Morgan fingerprint density at radius 1 is 0.926 bits per heavy atom. The molecule has 2 saturated heterocycles. The first-order chi connectivity index (χ1) is 13.0. The van der Waals surface area contributed by atoms with Gasteiger partial charge in [0.25, 0.3) is 0 Å². The molecule has 0 aliphatic carbocycles. The fraction of sp³-hybridized carbons (Fsp3) is 0.600. The number of benzene rings is 1. The van der Waals surface area contributed by atoms with E-state index in [1.54, 1.807) is 0 Å². The van der Waals surface area contributed by atoms with Gasteiger partial charge in [0.2, 0.25) is 11.8 Å². The summed E-state index contributed by atoms with van der Waals surface area (Å²) in [5.41, 5.74) is 3.22. The molecular formula is C20H30N4O3. The first kappa shape index (κ1) is 19.8. The van der Waals surface area contributed by atoms with Crippen molar-refractivity contribution >= 4 is 17.5 Å². The highest BCUT2D eigenvalue weighted by Gasteiger charge is 2.24. The third-order valence-electron chi connectivity index (χ3n) is 5.35. The lowest BCUT2D eigenvalue weighted by molar-refractivity contribution is -0.135. The van der Waals surface area contributed by atoms with E-state index in [-0.39, 0.29) is 11.8 Å². The molecule has 148 valence electrons. The summed E-state index contributed by atoms with van der Waals surface area (Å²) >= 11 is 0. The number of morpholine rings is 1. The van der Waals surface area contributed by atoms with E-state index in [1.807, 2.05) is 30.0 Å². The first-order valence-electron chi connectivity index (χ1n) is 9.68. The van der Waals surface area contributed by atoms with Gasteiger partial charge in [-0.15, -0.1) is 0 Å². The number of aryl methyl sites for hydroxylation is 2. The highest BCUT2D eigenvalue weighted by atomic mass is 16.5. The monoisotopic (exact) mass is 374 g/mol. The van der Waals surface area contributed by atoms with E-state index in [9.17, 15) is 9.59 Å². The Labute approximate surface area is 161 Å². The fourth-order valence-corrected chi connectivity index (χ4v) is 3.43. The van der Waals surface area contributed by atoms with Crippen LogP contribution in [0.2, 0.25) is 0 Å². The van der Waals surface area contributed by atoms with Crippen LogP contribution < -0.4 is 5.32 Å². The smallest absolute Gasteiger partial charge is 0.238 e. The predicted molar refractivity (Wildman–Crippen MR) is 105 cm³/mol. The summed E-state index contributed by atoms with van der Waals surface area (Å²) < 4.78 is 5.32. The van der Waals surface area contributed by atoms with Gasteiger partial charge < -0.3 is 15.0 Å². The minimum atomic E-state index is -0.00801. The number of hydrogen-bond acceptors (Lipinski definition) is 5. The molecule has 0 saturated carbocycles. The van der Waals surface area contributed by atoms with E-state index in [0.29, 0.717) is 39.4 Å². The van der Waals surface area contributed by atoms with Crippen molar-refractivity contribution in [3.8, 4) is 0 Å². The van der Waals surface area contributed by atoms with Gasteiger partial charge in [-0.3, -0.25) is 19.4 Å². The molecule has 0 aromatic heterocycles. The average Bonchev–Trinajstić information content (AvgIpc) is 2.66. The zero-order valence-electron chi connectivity index (χ0n) is 16.4. The number of ether oxygens (including phenoxy) is 1. The summed E-state index contributed by atoms with van der Waals surface area (Å²) in [7, 11) is 0. The molecule has 3 rings (SSSR count). The van der Waals surface area contributed by atoms with Crippen LogP contribution in [0.15, 0.2) is 18.2 Å². The Balaban J connectivity index is 1.40. The summed E-state index contributed by atoms with van der Waals surface area (Å²) in [6.07, 6.45) is 0. The van der Waals surface area contributed by atoms with Gasteiger partial charge in [-0.1, -0.05) is 6.07 Å². The van der Waals surface area contributed by atoms with E-state index in [0.717, 1.165) is 31.9 Å². The van der Waals surface area contributed by atoms with Crippen LogP contribution in [0.25, 0.3) is 0 Å². The summed E-state index contributed by atoms with van der Waals surface area (Å²) in [5, 5.41) is 2.97. The average molecular weight is 374 g/mol. The van der Waals surface area contributed by atoms with E-state index in [1.165, 1.54) is 11.1 Å². The van der Waals surface area contributed by atoms with Crippen molar-refractivity contribution in [3.63, 3.8) is 0 Å². The van der Waals surface area contributed by atoms with Crippen LogP contribution in [-0.2, 0) is 14.3 Å².